The molecule has 1 heterocycles. The van der Waals surface area contributed by atoms with Gasteiger partial charge in [0.25, 0.3) is 0 Å². The molecule has 18 heavy (non-hydrogen) atoms. The molecule has 102 valence electrons. The Bertz CT molecular complexity index is 392. The lowest BCUT2D eigenvalue weighted by atomic mass is 10.3. The normalized spacial score (nSPS) is 15.9. The van der Waals surface area contributed by atoms with Crippen LogP contribution >= 0.6 is 0 Å². The largest absolute Gasteiger partial charge is 0.467 e. The van der Waals surface area contributed by atoms with Gasteiger partial charge in [-0.2, -0.15) is 0 Å². The van der Waals surface area contributed by atoms with E-state index in [1.54, 1.807) is 25.3 Å². The van der Waals surface area contributed by atoms with Crippen molar-refractivity contribution in [3.05, 3.63) is 24.2 Å². The lowest BCUT2D eigenvalue weighted by Crippen LogP contribution is -2.38. The van der Waals surface area contributed by atoms with Gasteiger partial charge in [0.15, 0.2) is 0 Å². The zero-order chi connectivity index (χ0) is 13.5. The number of carbonyl (C=O) groups excluding carboxylic acids is 1. The summed E-state index contributed by atoms with van der Waals surface area (Å²) in [5.74, 6) is 0.783. The van der Waals surface area contributed by atoms with Crippen molar-refractivity contribution in [1.29, 1.82) is 0 Å². The van der Waals surface area contributed by atoms with E-state index < -0.39 is 16.0 Å². The topological polar surface area (TPSA) is 85.3 Å². The summed E-state index contributed by atoms with van der Waals surface area (Å²) in [4.78, 5) is 11.8. The van der Waals surface area contributed by atoms with Crippen LogP contribution in [0, 0.1) is 0 Å². The van der Waals surface area contributed by atoms with Crippen LogP contribution in [0.5, 0.6) is 0 Å². The highest BCUT2D eigenvalue weighted by Crippen LogP contribution is 2.02. The van der Waals surface area contributed by atoms with Crippen LogP contribution in [0.1, 0.15) is 26.0 Å². The molecule has 0 fully saturated rings. The fourth-order valence-electron chi connectivity index (χ4n) is 1.32. The lowest BCUT2D eigenvalue weighted by Gasteiger charge is -2.14. The lowest BCUT2D eigenvalue weighted by molar-refractivity contribution is -0.120. The van der Waals surface area contributed by atoms with E-state index >= 15 is 0 Å². The third-order valence-corrected chi connectivity index (χ3v) is 4.44. The van der Waals surface area contributed by atoms with Crippen LogP contribution in [0.25, 0.3) is 0 Å². The van der Waals surface area contributed by atoms with Crippen LogP contribution in [-0.2, 0) is 22.1 Å². The Morgan fingerprint density at radius 3 is 2.89 bits per heavy atom. The van der Waals surface area contributed by atoms with Gasteiger partial charge in [0, 0.05) is 22.6 Å². The van der Waals surface area contributed by atoms with E-state index in [4.69, 9.17) is 10.2 Å². The molecular formula is C12H20N2O3S. The average Bonchev–Trinajstić information content (AvgIpc) is 2.87. The molecule has 0 aliphatic rings. The van der Waals surface area contributed by atoms with E-state index in [-0.39, 0.29) is 11.9 Å². The first-order chi connectivity index (χ1) is 8.54. The van der Waals surface area contributed by atoms with Crippen LogP contribution in [-0.4, -0.2) is 27.2 Å². The van der Waals surface area contributed by atoms with Gasteiger partial charge in [-0.15, -0.1) is 0 Å². The number of amides is 1. The maximum atomic E-state index is 11.9. The molecule has 0 aliphatic heterocycles. The second kappa shape index (κ2) is 7.33. The van der Waals surface area contributed by atoms with Crippen molar-refractivity contribution in [2.45, 2.75) is 38.1 Å². The molecule has 0 saturated heterocycles. The quantitative estimate of drug-likeness (QED) is 0.767. The van der Waals surface area contributed by atoms with Crippen LogP contribution < -0.4 is 11.1 Å². The van der Waals surface area contributed by atoms with Crippen LogP contribution in [0.3, 0.4) is 0 Å². The zero-order valence-corrected chi connectivity index (χ0v) is 11.5. The van der Waals surface area contributed by atoms with Crippen molar-refractivity contribution < 1.29 is 13.4 Å². The van der Waals surface area contributed by atoms with Crippen LogP contribution in [0.15, 0.2) is 22.8 Å². The number of hydrogen-bond acceptors (Lipinski definition) is 4. The number of furan rings is 1. The van der Waals surface area contributed by atoms with E-state index in [0.29, 0.717) is 18.1 Å². The molecule has 0 aliphatic carbocycles. The van der Waals surface area contributed by atoms with Gasteiger partial charge in [0.1, 0.15) is 11.0 Å². The molecule has 0 aromatic carbocycles. The second-order valence-corrected chi connectivity index (χ2v) is 5.96. The van der Waals surface area contributed by atoms with Gasteiger partial charge in [-0.25, -0.2) is 0 Å². The predicted octanol–water partition coefficient (Wildman–Crippen LogP) is 0.770. The first kappa shape index (κ1) is 14.9. The highest BCUT2D eigenvalue weighted by atomic mass is 32.2. The standard InChI is InChI=1S/C12H20N2O3S/c1-3-10(13)8-18(16)9(2)12(15)14-7-11-5-4-6-17-11/h4-6,9-10H,3,7-8,13H2,1-2H3,(H,14,15). The molecule has 3 atom stereocenters. The molecule has 1 amide bonds. The Labute approximate surface area is 110 Å². The Hall–Kier alpha value is -1.14. The second-order valence-electron chi connectivity index (χ2n) is 4.16. The molecule has 0 spiro atoms. The van der Waals surface area contributed by atoms with Gasteiger partial charge in [-0.1, -0.05) is 6.92 Å². The SMILES string of the molecule is CCC(N)CS(=O)C(C)C(=O)NCc1ccco1. The highest BCUT2D eigenvalue weighted by Gasteiger charge is 2.21. The monoisotopic (exact) mass is 272 g/mol. The molecule has 0 radical (unpaired) electrons. The van der Waals surface area contributed by atoms with Crippen LogP contribution in [0.4, 0.5) is 0 Å². The summed E-state index contributed by atoms with van der Waals surface area (Å²) in [5, 5.41) is 2.13. The highest BCUT2D eigenvalue weighted by molar-refractivity contribution is 7.86. The van der Waals surface area contributed by atoms with E-state index in [2.05, 4.69) is 5.32 Å². The fourth-order valence-corrected chi connectivity index (χ4v) is 2.59. The molecule has 0 saturated carbocycles. The summed E-state index contributed by atoms with van der Waals surface area (Å²) >= 11 is 0. The third-order valence-electron chi connectivity index (χ3n) is 2.68. The summed E-state index contributed by atoms with van der Waals surface area (Å²) in [5.41, 5.74) is 5.72. The summed E-state index contributed by atoms with van der Waals surface area (Å²) in [6.07, 6.45) is 2.30. The molecule has 3 unspecified atom stereocenters. The molecule has 6 heteroatoms. The first-order valence-corrected chi connectivity index (χ1v) is 7.35. The number of nitrogens with one attached hydrogen (secondary N) is 1. The zero-order valence-electron chi connectivity index (χ0n) is 10.7. The Kier molecular flexibility index (Phi) is 6.07. The van der Waals surface area contributed by atoms with Crippen molar-refractivity contribution in [2.24, 2.45) is 5.73 Å². The summed E-state index contributed by atoms with van der Waals surface area (Å²) in [6, 6.07) is 3.41. The molecule has 1 rings (SSSR count). The number of carbonyl (C=O) groups is 1. The summed E-state index contributed by atoms with van der Waals surface area (Å²) in [6.45, 7) is 3.90. The van der Waals surface area contributed by atoms with Crippen molar-refractivity contribution in [1.82, 2.24) is 5.32 Å². The molecule has 0 bridgehead atoms. The van der Waals surface area contributed by atoms with E-state index in [0.717, 1.165) is 6.42 Å². The Balaban J connectivity index is 2.38. The molecular weight excluding hydrogens is 252 g/mol. The van der Waals surface area contributed by atoms with Crippen molar-refractivity contribution in [3.63, 3.8) is 0 Å². The predicted molar refractivity (Wildman–Crippen MR) is 71.3 cm³/mol. The third kappa shape index (κ3) is 4.62. The fraction of sp³-hybridized carbons (Fsp3) is 0.583. The Morgan fingerprint density at radius 2 is 2.33 bits per heavy atom. The van der Waals surface area contributed by atoms with Gasteiger partial charge in [-0.05, 0) is 25.5 Å². The van der Waals surface area contributed by atoms with Crippen molar-refractivity contribution in [2.75, 3.05) is 5.75 Å². The molecule has 3 N–H and O–H groups in total. The molecule has 1 aromatic rings. The number of hydrogen-bond donors (Lipinski definition) is 2. The number of nitrogens with two attached hydrogens (primary N) is 1. The molecule has 5 nitrogen and oxygen atoms in total. The number of rotatable bonds is 7. The average molecular weight is 272 g/mol. The maximum absolute atomic E-state index is 11.9. The van der Waals surface area contributed by atoms with E-state index in [1.807, 2.05) is 6.92 Å². The van der Waals surface area contributed by atoms with Gasteiger partial charge in [-0.3, -0.25) is 9.00 Å². The minimum atomic E-state index is -1.24. The minimum absolute atomic E-state index is 0.119. The van der Waals surface area contributed by atoms with Crippen molar-refractivity contribution >= 4 is 16.7 Å². The summed E-state index contributed by atoms with van der Waals surface area (Å²) < 4.78 is 17.0. The van der Waals surface area contributed by atoms with Crippen molar-refractivity contribution in [3.8, 4) is 0 Å². The van der Waals surface area contributed by atoms with Crippen LogP contribution in [0.2, 0.25) is 0 Å². The maximum Gasteiger partial charge on any atom is 0.235 e. The smallest absolute Gasteiger partial charge is 0.235 e. The molecule has 1 aromatic heterocycles. The van der Waals surface area contributed by atoms with E-state index in [1.165, 1.54) is 0 Å². The van der Waals surface area contributed by atoms with Gasteiger partial charge in [0.05, 0.1) is 12.8 Å². The summed E-state index contributed by atoms with van der Waals surface area (Å²) in [7, 11) is -1.24. The van der Waals surface area contributed by atoms with Gasteiger partial charge in [0.2, 0.25) is 5.91 Å². The van der Waals surface area contributed by atoms with Gasteiger partial charge < -0.3 is 15.5 Å². The first-order valence-electron chi connectivity index (χ1n) is 5.97. The van der Waals surface area contributed by atoms with Gasteiger partial charge >= 0.3 is 0 Å². The minimum Gasteiger partial charge on any atom is -0.467 e. The Morgan fingerprint density at radius 1 is 1.61 bits per heavy atom. The van der Waals surface area contributed by atoms with E-state index in [9.17, 15) is 9.00 Å².